The molecule has 1 aromatic carbocycles. The molecule has 1 amide bonds. The Morgan fingerprint density at radius 1 is 1.32 bits per heavy atom. The fourth-order valence-corrected chi connectivity index (χ4v) is 2.09. The molecule has 19 heavy (non-hydrogen) atoms. The summed E-state index contributed by atoms with van der Waals surface area (Å²) < 4.78 is 6.11. The molecule has 1 aromatic rings. The molecule has 0 aromatic heterocycles. The van der Waals surface area contributed by atoms with Crippen LogP contribution in [0.3, 0.4) is 0 Å². The monoisotopic (exact) mass is 376 g/mol. The van der Waals surface area contributed by atoms with Crippen molar-refractivity contribution in [3.63, 3.8) is 0 Å². The Morgan fingerprint density at radius 2 is 1.95 bits per heavy atom. The van der Waals surface area contributed by atoms with E-state index in [9.17, 15) is 4.79 Å². The van der Waals surface area contributed by atoms with Gasteiger partial charge in [-0.15, -0.1) is 0 Å². The number of rotatable bonds is 7. The van der Waals surface area contributed by atoms with Crippen molar-refractivity contribution in [3.8, 4) is 0 Å². The van der Waals surface area contributed by atoms with Crippen LogP contribution in [0, 0.1) is 3.57 Å². The van der Waals surface area contributed by atoms with Crippen LogP contribution in [0.4, 0.5) is 0 Å². The molecular weight excluding hydrogens is 355 g/mol. The van der Waals surface area contributed by atoms with Gasteiger partial charge in [-0.1, -0.05) is 12.1 Å². The molecule has 1 rings (SSSR count). The van der Waals surface area contributed by atoms with Gasteiger partial charge in [0.15, 0.2) is 0 Å². The molecule has 0 fully saturated rings. The Bertz CT molecular complexity index is 395. The molecule has 0 saturated heterocycles. The van der Waals surface area contributed by atoms with Gasteiger partial charge in [0, 0.05) is 23.3 Å². The molecule has 0 saturated carbocycles. The number of hydrogen-bond acceptors (Lipinski definition) is 3. The van der Waals surface area contributed by atoms with Crippen LogP contribution in [0.2, 0.25) is 0 Å². The molecule has 2 N–H and O–H groups in total. The highest BCUT2D eigenvalue weighted by Crippen LogP contribution is 2.14. The smallest absolute Gasteiger partial charge is 0.236 e. The van der Waals surface area contributed by atoms with Gasteiger partial charge in [-0.05, 0) is 54.1 Å². The Morgan fingerprint density at radius 3 is 2.53 bits per heavy atom. The molecular formula is C14H21IN2O2. The Balaban J connectivity index is 2.44. The predicted octanol–water partition coefficient (Wildman–Crippen LogP) is 2.09. The molecule has 2 unspecified atom stereocenters. The normalized spacial score (nSPS) is 13.9. The standard InChI is InChI=1S/C14H21IN2O2/c1-10(12-4-6-13(15)7-5-12)17-11(2)14(18)16-8-9-19-3/h4-7,10-11,17H,8-9H2,1-3H3,(H,16,18). The lowest BCUT2D eigenvalue weighted by atomic mass is 10.1. The molecule has 0 bridgehead atoms. The van der Waals surface area contributed by atoms with E-state index < -0.39 is 0 Å². The first-order chi connectivity index (χ1) is 9.04. The summed E-state index contributed by atoms with van der Waals surface area (Å²) in [5.74, 6) is -0.00517. The number of hydrogen-bond donors (Lipinski definition) is 2. The maximum absolute atomic E-state index is 11.8. The molecule has 2 atom stereocenters. The van der Waals surface area contributed by atoms with Gasteiger partial charge in [0.2, 0.25) is 5.91 Å². The molecule has 0 aliphatic carbocycles. The van der Waals surface area contributed by atoms with E-state index in [4.69, 9.17) is 4.74 Å². The van der Waals surface area contributed by atoms with Gasteiger partial charge in [-0.25, -0.2) is 0 Å². The fraction of sp³-hybridized carbons (Fsp3) is 0.500. The molecule has 5 heteroatoms. The predicted molar refractivity (Wildman–Crippen MR) is 85.1 cm³/mol. The van der Waals surface area contributed by atoms with Crippen molar-refractivity contribution in [2.45, 2.75) is 25.9 Å². The number of methoxy groups -OCH3 is 1. The number of nitrogens with one attached hydrogen (secondary N) is 2. The van der Waals surface area contributed by atoms with Crippen LogP contribution >= 0.6 is 22.6 Å². The highest BCUT2D eigenvalue weighted by atomic mass is 127. The van der Waals surface area contributed by atoms with Gasteiger partial charge in [-0.2, -0.15) is 0 Å². The van der Waals surface area contributed by atoms with Crippen LogP contribution in [0.15, 0.2) is 24.3 Å². The zero-order valence-electron chi connectivity index (χ0n) is 11.6. The first-order valence-corrected chi connectivity index (χ1v) is 7.40. The molecule has 0 radical (unpaired) electrons. The van der Waals surface area contributed by atoms with Crippen molar-refractivity contribution in [3.05, 3.63) is 33.4 Å². The third-order valence-corrected chi connectivity index (χ3v) is 3.59. The van der Waals surface area contributed by atoms with Crippen LogP contribution in [0.5, 0.6) is 0 Å². The minimum absolute atomic E-state index is 0.00517. The summed E-state index contributed by atoms with van der Waals surface area (Å²) in [6.07, 6.45) is 0. The second kappa shape index (κ2) is 8.50. The Hall–Kier alpha value is -0.660. The lowest BCUT2D eigenvalue weighted by Crippen LogP contribution is -2.44. The van der Waals surface area contributed by atoms with Gasteiger partial charge in [0.05, 0.1) is 12.6 Å². The minimum atomic E-state index is -0.230. The zero-order valence-corrected chi connectivity index (χ0v) is 13.7. The molecule has 0 aliphatic rings. The average Bonchev–Trinajstić information content (AvgIpc) is 2.39. The van der Waals surface area contributed by atoms with E-state index in [0.29, 0.717) is 13.2 Å². The van der Waals surface area contributed by atoms with E-state index in [1.807, 2.05) is 6.92 Å². The molecule has 0 aliphatic heterocycles. The quantitative estimate of drug-likeness (QED) is 0.566. The summed E-state index contributed by atoms with van der Waals surface area (Å²) in [6.45, 7) is 5.00. The summed E-state index contributed by atoms with van der Waals surface area (Å²) in [4.78, 5) is 11.8. The third-order valence-electron chi connectivity index (χ3n) is 2.87. The maximum atomic E-state index is 11.8. The van der Waals surface area contributed by atoms with Crippen molar-refractivity contribution in [1.82, 2.24) is 10.6 Å². The Kier molecular flexibility index (Phi) is 7.33. The number of amides is 1. The number of carbonyl (C=O) groups is 1. The van der Waals surface area contributed by atoms with E-state index in [2.05, 4.69) is 64.4 Å². The molecule has 4 nitrogen and oxygen atoms in total. The zero-order chi connectivity index (χ0) is 14.3. The highest BCUT2D eigenvalue weighted by molar-refractivity contribution is 14.1. The lowest BCUT2D eigenvalue weighted by Gasteiger charge is -2.20. The summed E-state index contributed by atoms with van der Waals surface area (Å²) >= 11 is 2.28. The van der Waals surface area contributed by atoms with Crippen LogP contribution in [-0.2, 0) is 9.53 Å². The van der Waals surface area contributed by atoms with E-state index in [1.54, 1.807) is 7.11 Å². The highest BCUT2D eigenvalue weighted by Gasteiger charge is 2.15. The van der Waals surface area contributed by atoms with Crippen LogP contribution < -0.4 is 10.6 Å². The molecule has 0 heterocycles. The fourth-order valence-electron chi connectivity index (χ4n) is 1.73. The van der Waals surface area contributed by atoms with E-state index >= 15 is 0 Å². The van der Waals surface area contributed by atoms with Crippen molar-refractivity contribution < 1.29 is 9.53 Å². The van der Waals surface area contributed by atoms with Crippen molar-refractivity contribution in [2.24, 2.45) is 0 Å². The van der Waals surface area contributed by atoms with E-state index in [-0.39, 0.29) is 18.0 Å². The summed E-state index contributed by atoms with van der Waals surface area (Å²) in [5, 5.41) is 6.11. The number of halogens is 1. The first kappa shape index (κ1) is 16.4. The summed E-state index contributed by atoms with van der Waals surface area (Å²) in [6, 6.07) is 8.20. The van der Waals surface area contributed by atoms with E-state index in [1.165, 1.54) is 9.13 Å². The lowest BCUT2D eigenvalue weighted by molar-refractivity contribution is -0.123. The molecule has 106 valence electrons. The van der Waals surface area contributed by atoms with Gasteiger partial charge in [-0.3, -0.25) is 10.1 Å². The number of carbonyl (C=O) groups excluding carboxylic acids is 1. The van der Waals surface area contributed by atoms with Gasteiger partial charge in [0.1, 0.15) is 0 Å². The summed E-state index contributed by atoms with van der Waals surface area (Å²) in [7, 11) is 1.62. The number of ether oxygens (including phenoxy) is 1. The minimum Gasteiger partial charge on any atom is -0.383 e. The number of benzene rings is 1. The largest absolute Gasteiger partial charge is 0.383 e. The van der Waals surface area contributed by atoms with Gasteiger partial charge >= 0.3 is 0 Å². The van der Waals surface area contributed by atoms with Crippen LogP contribution in [0.1, 0.15) is 25.5 Å². The first-order valence-electron chi connectivity index (χ1n) is 6.32. The molecule has 0 spiro atoms. The second-order valence-electron chi connectivity index (χ2n) is 4.45. The average molecular weight is 376 g/mol. The van der Waals surface area contributed by atoms with Gasteiger partial charge < -0.3 is 10.1 Å². The van der Waals surface area contributed by atoms with Crippen molar-refractivity contribution in [2.75, 3.05) is 20.3 Å². The van der Waals surface area contributed by atoms with Crippen molar-refractivity contribution >= 4 is 28.5 Å². The van der Waals surface area contributed by atoms with Crippen molar-refractivity contribution in [1.29, 1.82) is 0 Å². The topological polar surface area (TPSA) is 50.4 Å². The van der Waals surface area contributed by atoms with E-state index in [0.717, 1.165) is 0 Å². The second-order valence-corrected chi connectivity index (χ2v) is 5.69. The third kappa shape index (κ3) is 5.88. The van der Waals surface area contributed by atoms with Gasteiger partial charge in [0.25, 0.3) is 0 Å². The summed E-state index contributed by atoms with van der Waals surface area (Å²) in [5.41, 5.74) is 1.18. The van der Waals surface area contributed by atoms with Crippen LogP contribution in [-0.4, -0.2) is 32.2 Å². The van der Waals surface area contributed by atoms with Crippen LogP contribution in [0.25, 0.3) is 0 Å². The maximum Gasteiger partial charge on any atom is 0.236 e. The SMILES string of the molecule is COCCNC(=O)C(C)NC(C)c1ccc(I)cc1. The Labute approximate surface area is 128 Å².